The molecule has 174 valence electrons. The summed E-state index contributed by atoms with van der Waals surface area (Å²) in [4.78, 5) is 24.0. The molecule has 0 bridgehead atoms. The fourth-order valence-electron chi connectivity index (χ4n) is 3.60. The van der Waals surface area contributed by atoms with Gasteiger partial charge >= 0.3 is 0 Å². The molecule has 1 amide bonds. The zero-order valence-electron chi connectivity index (χ0n) is 19.1. The van der Waals surface area contributed by atoms with Crippen LogP contribution in [0.4, 0.5) is 11.5 Å². The number of hydrogen-bond acceptors (Lipinski definition) is 7. The Kier molecular flexibility index (Phi) is 7.64. The number of carbonyl (C=O) groups excluding carboxylic acids is 1. The van der Waals surface area contributed by atoms with Crippen molar-refractivity contribution >= 4 is 39.0 Å². The Morgan fingerprint density at radius 2 is 1.97 bits per heavy atom. The van der Waals surface area contributed by atoms with Gasteiger partial charge in [0.15, 0.2) is 0 Å². The molecular weight excluding hydrogens is 446 g/mol. The number of aliphatic hydroxyl groups is 1. The molecule has 34 heavy (non-hydrogen) atoms. The van der Waals surface area contributed by atoms with E-state index in [1.807, 2.05) is 85.0 Å². The van der Waals surface area contributed by atoms with Gasteiger partial charge in [-0.15, -0.1) is 11.3 Å². The zero-order chi connectivity index (χ0) is 23.9. The molecule has 2 aromatic heterocycles. The molecule has 2 heterocycles. The highest BCUT2D eigenvalue weighted by atomic mass is 32.1. The highest BCUT2D eigenvalue weighted by Crippen LogP contribution is 2.38. The average Bonchev–Trinajstić information content (AvgIpc) is 3.28. The summed E-state index contributed by atoms with van der Waals surface area (Å²) in [5.41, 5.74) is 3.59. The third-order valence-corrected chi connectivity index (χ3v) is 6.13. The van der Waals surface area contributed by atoms with Crippen molar-refractivity contribution in [1.29, 1.82) is 0 Å². The smallest absolute Gasteiger partial charge is 0.248 e. The first-order valence-corrected chi connectivity index (χ1v) is 11.8. The molecule has 3 N–H and O–H groups in total. The Morgan fingerprint density at radius 3 is 2.74 bits per heavy atom. The van der Waals surface area contributed by atoms with Crippen LogP contribution in [0.1, 0.15) is 11.6 Å². The predicted octanol–water partition coefficient (Wildman–Crippen LogP) is 4.56. The summed E-state index contributed by atoms with van der Waals surface area (Å²) < 4.78 is 0. The standard InChI is InChI=1S/C26H27N5O2S/c1-31(2)13-7-12-23(33)29-20-11-6-10-19(14-20)21-16-34-26-24(21)25(27-17-28-26)30-22(15-32)18-8-4-3-5-9-18/h3-12,14,16-17,22,32H,13,15H2,1-2H3,(H,29,33)(H,27,28,30)/b12-7+/t22-/m1/s1. The quantitative estimate of drug-likeness (QED) is 0.309. The number of nitrogens with one attached hydrogen (secondary N) is 2. The van der Waals surface area contributed by atoms with Crippen molar-refractivity contribution in [2.24, 2.45) is 0 Å². The van der Waals surface area contributed by atoms with Crippen LogP contribution in [0.3, 0.4) is 0 Å². The maximum atomic E-state index is 12.3. The lowest BCUT2D eigenvalue weighted by Gasteiger charge is -2.18. The van der Waals surface area contributed by atoms with Crippen LogP contribution in [-0.4, -0.2) is 53.1 Å². The van der Waals surface area contributed by atoms with Crippen molar-refractivity contribution < 1.29 is 9.90 Å². The van der Waals surface area contributed by atoms with Gasteiger partial charge < -0.3 is 20.6 Å². The van der Waals surface area contributed by atoms with E-state index in [1.54, 1.807) is 6.08 Å². The highest BCUT2D eigenvalue weighted by Gasteiger charge is 2.17. The molecule has 0 fully saturated rings. The molecule has 0 unspecified atom stereocenters. The van der Waals surface area contributed by atoms with Crippen molar-refractivity contribution in [3.8, 4) is 11.1 Å². The monoisotopic (exact) mass is 473 g/mol. The summed E-state index contributed by atoms with van der Waals surface area (Å²) in [6.07, 6.45) is 4.90. The third kappa shape index (κ3) is 5.66. The van der Waals surface area contributed by atoms with E-state index in [-0.39, 0.29) is 18.6 Å². The number of hydrogen-bond donors (Lipinski definition) is 3. The minimum atomic E-state index is -0.299. The Bertz CT molecular complexity index is 1290. The Labute approximate surface area is 202 Å². The van der Waals surface area contributed by atoms with Crippen molar-refractivity contribution in [3.05, 3.63) is 84.0 Å². The van der Waals surface area contributed by atoms with Gasteiger partial charge in [0.25, 0.3) is 0 Å². The number of rotatable bonds is 9. The van der Waals surface area contributed by atoms with Crippen LogP contribution in [0.2, 0.25) is 0 Å². The zero-order valence-corrected chi connectivity index (χ0v) is 19.9. The van der Waals surface area contributed by atoms with Gasteiger partial charge in [0, 0.05) is 29.3 Å². The van der Waals surface area contributed by atoms with E-state index in [0.717, 1.165) is 26.9 Å². The highest BCUT2D eigenvalue weighted by molar-refractivity contribution is 7.17. The van der Waals surface area contributed by atoms with Gasteiger partial charge in [0.05, 0.1) is 18.0 Å². The van der Waals surface area contributed by atoms with Crippen LogP contribution in [0, 0.1) is 0 Å². The maximum Gasteiger partial charge on any atom is 0.248 e. The van der Waals surface area contributed by atoms with Crippen molar-refractivity contribution in [3.63, 3.8) is 0 Å². The summed E-state index contributed by atoms with van der Waals surface area (Å²) in [6, 6.07) is 17.2. The normalized spacial score (nSPS) is 12.4. The van der Waals surface area contributed by atoms with Crippen LogP contribution in [0.5, 0.6) is 0 Å². The number of likely N-dealkylation sites (N-methyl/N-ethyl adjacent to an activating group) is 1. The molecule has 0 saturated carbocycles. The van der Waals surface area contributed by atoms with E-state index in [4.69, 9.17) is 0 Å². The summed E-state index contributed by atoms with van der Waals surface area (Å²) in [5.74, 6) is 0.485. The number of carbonyl (C=O) groups is 1. The van der Waals surface area contributed by atoms with Crippen LogP contribution in [0.15, 0.2) is 78.5 Å². The van der Waals surface area contributed by atoms with Crippen molar-refractivity contribution in [2.75, 3.05) is 37.9 Å². The molecule has 4 rings (SSSR count). The molecule has 0 aliphatic rings. The Hall–Kier alpha value is -3.59. The predicted molar refractivity (Wildman–Crippen MR) is 139 cm³/mol. The molecule has 7 nitrogen and oxygen atoms in total. The lowest BCUT2D eigenvalue weighted by molar-refractivity contribution is -0.111. The third-order valence-electron chi connectivity index (χ3n) is 5.25. The number of aromatic nitrogens is 2. The fraction of sp³-hybridized carbons (Fsp3) is 0.192. The van der Waals surface area contributed by atoms with E-state index >= 15 is 0 Å². The molecule has 0 saturated heterocycles. The summed E-state index contributed by atoms with van der Waals surface area (Å²) in [5, 5.41) is 19.2. The minimum absolute atomic E-state index is 0.0716. The van der Waals surface area contributed by atoms with Crippen LogP contribution in [0.25, 0.3) is 21.3 Å². The number of fused-ring (bicyclic) bond motifs is 1. The number of anilines is 2. The van der Waals surface area contributed by atoms with E-state index in [0.29, 0.717) is 18.1 Å². The Morgan fingerprint density at radius 1 is 1.15 bits per heavy atom. The van der Waals surface area contributed by atoms with E-state index in [1.165, 1.54) is 17.7 Å². The largest absolute Gasteiger partial charge is 0.394 e. The number of benzene rings is 2. The fourth-order valence-corrected chi connectivity index (χ4v) is 4.52. The lowest BCUT2D eigenvalue weighted by atomic mass is 10.0. The Balaban J connectivity index is 1.62. The SMILES string of the molecule is CN(C)C/C=C/C(=O)Nc1cccc(-c2csc3ncnc(N[C@H](CO)c4ccccc4)c23)c1. The molecule has 4 aromatic rings. The summed E-state index contributed by atoms with van der Waals surface area (Å²) >= 11 is 1.53. The van der Waals surface area contributed by atoms with Gasteiger partial charge in [-0.3, -0.25) is 4.79 Å². The minimum Gasteiger partial charge on any atom is -0.394 e. The summed E-state index contributed by atoms with van der Waals surface area (Å²) in [7, 11) is 3.90. The first kappa shape index (κ1) is 23.6. The van der Waals surface area contributed by atoms with Gasteiger partial charge in [-0.1, -0.05) is 48.5 Å². The van der Waals surface area contributed by atoms with Crippen molar-refractivity contribution in [2.45, 2.75) is 6.04 Å². The second kappa shape index (κ2) is 11.0. The first-order chi connectivity index (χ1) is 16.5. The number of thiophene rings is 1. The summed E-state index contributed by atoms with van der Waals surface area (Å²) in [6.45, 7) is 0.625. The molecular formula is C26H27N5O2S. The van der Waals surface area contributed by atoms with Gasteiger partial charge in [-0.2, -0.15) is 0 Å². The number of nitrogens with zero attached hydrogens (tertiary/aromatic N) is 3. The second-order valence-corrected chi connectivity index (χ2v) is 8.93. The molecule has 0 aliphatic carbocycles. The second-order valence-electron chi connectivity index (χ2n) is 8.08. The maximum absolute atomic E-state index is 12.3. The van der Waals surface area contributed by atoms with E-state index < -0.39 is 0 Å². The van der Waals surface area contributed by atoms with Gasteiger partial charge in [0.2, 0.25) is 5.91 Å². The average molecular weight is 474 g/mol. The van der Waals surface area contributed by atoms with Gasteiger partial charge in [-0.25, -0.2) is 9.97 Å². The molecule has 2 aromatic carbocycles. The molecule has 1 atom stereocenters. The first-order valence-electron chi connectivity index (χ1n) is 10.9. The van der Waals surface area contributed by atoms with Gasteiger partial charge in [0.1, 0.15) is 17.0 Å². The van der Waals surface area contributed by atoms with E-state index in [9.17, 15) is 9.90 Å². The topological polar surface area (TPSA) is 90.4 Å². The molecule has 0 aliphatic heterocycles. The van der Waals surface area contributed by atoms with Crippen LogP contribution >= 0.6 is 11.3 Å². The molecule has 0 radical (unpaired) electrons. The van der Waals surface area contributed by atoms with E-state index in [2.05, 4.69) is 20.6 Å². The van der Waals surface area contributed by atoms with Crippen LogP contribution in [-0.2, 0) is 4.79 Å². The van der Waals surface area contributed by atoms with Crippen molar-refractivity contribution in [1.82, 2.24) is 14.9 Å². The van der Waals surface area contributed by atoms with Crippen LogP contribution < -0.4 is 10.6 Å². The number of aliphatic hydroxyl groups excluding tert-OH is 1. The molecule has 0 spiro atoms. The van der Waals surface area contributed by atoms with Gasteiger partial charge in [-0.05, 0) is 37.4 Å². The molecule has 8 heteroatoms. The number of amides is 1. The lowest BCUT2D eigenvalue weighted by Crippen LogP contribution is -2.15.